The molecule has 2 aromatic carbocycles. The molecule has 0 aromatic heterocycles. The van der Waals surface area contributed by atoms with Gasteiger partial charge in [0.1, 0.15) is 0 Å². The van der Waals surface area contributed by atoms with Crippen LogP contribution >= 0.6 is 15.9 Å². The minimum absolute atomic E-state index is 0.0724. The second-order valence-corrected chi connectivity index (χ2v) is 7.82. The zero-order valence-corrected chi connectivity index (χ0v) is 15.9. The van der Waals surface area contributed by atoms with Crippen molar-refractivity contribution in [2.45, 2.75) is 18.7 Å². The average Bonchev–Trinajstić information content (AvgIpc) is 2.54. The van der Waals surface area contributed by atoms with E-state index in [9.17, 15) is 18.0 Å². The van der Waals surface area contributed by atoms with E-state index in [1.54, 1.807) is 38.1 Å². The largest absolute Gasteiger partial charge is 0.269 e. The summed E-state index contributed by atoms with van der Waals surface area (Å²) < 4.78 is 24.1. The van der Waals surface area contributed by atoms with Crippen LogP contribution in [-0.4, -0.2) is 20.2 Å². The number of rotatable bonds is 3. The number of benzene rings is 2. The average molecular weight is 426 g/mol. The van der Waals surface area contributed by atoms with Crippen molar-refractivity contribution < 1.29 is 18.0 Å². The fraction of sp³-hybridized carbons (Fsp3) is 0.125. The number of hydrazine groups is 1. The lowest BCUT2D eigenvalue weighted by Crippen LogP contribution is -2.41. The summed E-state index contributed by atoms with van der Waals surface area (Å²) in [6.45, 7) is 3.27. The molecule has 2 aromatic rings. The number of aryl methyl sites for hydroxylation is 1. The first-order valence-electron chi connectivity index (χ1n) is 7.10. The summed E-state index contributed by atoms with van der Waals surface area (Å²) in [5.74, 6) is -1.16. The lowest BCUT2D eigenvalue weighted by molar-refractivity contribution is 0.0846. The van der Waals surface area contributed by atoms with Crippen LogP contribution in [-0.2, 0) is 10.0 Å². The molecular formula is C16H16BrN3O4S. The maximum absolute atomic E-state index is 12.2. The first kappa shape index (κ1) is 19.1. The Morgan fingerprint density at radius 1 is 0.960 bits per heavy atom. The zero-order chi connectivity index (χ0) is 18.8. The molecule has 4 N–H and O–H groups in total. The first-order chi connectivity index (χ1) is 11.6. The van der Waals surface area contributed by atoms with Gasteiger partial charge in [0, 0.05) is 15.6 Å². The molecular weight excluding hydrogens is 410 g/mol. The number of nitrogens with two attached hydrogens (primary N) is 1. The van der Waals surface area contributed by atoms with Crippen LogP contribution in [0.5, 0.6) is 0 Å². The van der Waals surface area contributed by atoms with Gasteiger partial charge in [-0.2, -0.15) is 0 Å². The van der Waals surface area contributed by atoms with Crippen LogP contribution in [0.25, 0.3) is 0 Å². The molecule has 0 saturated heterocycles. The standard InChI is InChI=1S/C16H16BrN3O4S/c1-9-7-12(8-14(10(9)2)25(18,23)24)16(22)20-19-15(21)11-3-5-13(17)6-4-11/h3-8H,1-2H3,(H,19,21)(H,20,22)(H2,18,23,24). The number of carbonyl (C=O) groups is 2. The third-order valence-corrected chi connectivity index (χ3v) is 5.15. The molecule has 0 unspecified atom stereocenters. The molecule has 132 valence electrons. The Hall–Kier alpha value is -2.23. The fourth-order valence-electron chi connectivity index (χ4n) is 2.11. The van der Waals surface area contributed by atoms with Crippen LogP contribution < -0.4 is 16.0 Å². The summed E-state index contributed by atoms with van der Waals surface area (Å²) >= 11 is 3.26. The van der Waals surface area contributed by atoms with E-state index in [-0.39, 0.29) is 10.5 Å². The summed E-state index contributed by atoms with van der Waals surface area (Å²) in [5, 5.41) is 5.17. The van der Waals surface area contributed by atoms with E-state index in [0.717, 1.165) is 4.47 Å². The molecule has 0 spiro atoms. The molecule has 0 bridgehead atoms. The second kappa shape index (κ2) is 7.34. The first-order valence-corrected chi connectivity index (χ1v) is 9.44. The van der Waals surface area contributed by atoms with E-state index in [0.29, 0.717) is 16.7 Å². The summed E-state index contributed by atoms with van der Waals surface area (Å²) in [4.78, 5) is 24.1. The van der Waals surface area contributed by atoms with Crippen LogP contribution in [0, 0.1) is 13.8 Å². The molecule has 0 saturated carbocycles. The summed E-state index contributed by atoms with van der Waals surface area (Å²) in [6.07, 6.45) is 0. The van der Waals surface area contributed by atoms with Crippen LogP contribution in [0.4, 0.5) is 0 Å². The quantitative estimate of drug-likeness (QED) is 0.649. The lowest BCUT2D eigenvalue weighted by Gasteiger charge is -2.12. The van der Waals surface area contributed by atoms with E-state index in [1.165, 1.54) is 12.1 Å². The van der Waals surface area contributed by atoms with E-state index in [2.05, 4.69) is 26.8 Å². The minimum atomic E-state index is -3.96. The molecule has 0 aliphatic rings. The lowest BCUT2D eigenvalue weighted by atomic mass is 10.1. The van der Waals surface area contributed by atoms with Crippen molar-refractivity contribution in [2.24, 2.45) is 5.14 Å². The highest BCUT2D eigenvalue weighted by Gasteiger charge is 2.18. The zero-order valence-electron chi connectivity index (χ0n) is 13.5. The van der Waals surface area contributed by atoms with Gasteiger partial charge in [0.05, 0.1) is 4.90 Å². The smallest absolute Gasteiger partial charge is 0.267 e. The van der Waals surface area contributed by atoms with Gasteiger partial charge in [0.25, 0.3) is 11.8 Å². The second-order valence-electron chi connectivity index (χ2n) is 5.38. The van der Waals surface area contributed by atoms with Crippen LogP contribution in [0.2, 0.25) is 0 Å². The van der Waals surface area contributed by atoms with Gasteiger partial charge in [0.15, 0.2) is 0 Å². The predicted octanol–water partition coefficient (Wildman–Crippen LogP) is 1.79. The molecule has 9 heteroatoms. The van der Waals surface area contributed by atoms with Crippen LogP contribution in [0.1, 0.15) is 31.8 Å². The van der Waals surface area contributed by atoms with Crippen molar-refractivity contribution in [1.29, 1.82) is 0 Å². The van der Waals surface area contributed by atoms with E-state index in [4.69, 9.17) is 5.14 Å². The van der Waals surface area contributed by atoms with Crippen molar-refractivity contribution in [1.82, 2.24) is 10.9 Å². The highest BCUT2D eigenvalue weighted by atomic mass is 79.9. The monoisotopic (exact) mass is 425 g/mol. The topological polar surface area (TPSA) is 118 Å². The Labute approximate surface area is 153 Å². The van der Waals surface area contributed by atoms with E-state index >= 15 is 0 Å². The van der Waals surface area contributed by atoms with Gasteiger partial charge < -0.3 is 0 Å². The van der Waals surface area contributed by atoms with Gasteiger partial charge in [0.2, 0.25) is 10.0 Å². The number of halogens is 1. The van der Waals surface area contributed by atoms with Crippen molar-refractivity contribution in [3.05, 3.63) is 63.1 Å². The number of hydrogen-bond donors (Lipinski definition) is 3. The molecule has 0 radical (unpaired) electrons. The Balaban J connectivity index is 2.17. The Morgan fingerprint density at radius 3 is 2.00 bits per heavy atom. The van der Waals surface area contributed by atoms with E-state index in [1.807, 2.05) is 0 Å². The highest BCUT2D eigenvalue weighted by Crippen LogP contribution is 2.20. The molecule has 0 aliphatic carbocycles. The van der Waals surface area contributed by atoms with Crippen LogP contribution in [0.3, 0.4) is 0 Å². The summed E-state index contributed by atoms with van der Waals surface area (Å²) in [6, 6.07) is 9.25. The van der Waals surface area contributed by atoms with Crippen molar-refractivity contribution in [3.63, 3.8) is 0 Å². The number of hydrogen-bond acceptors (Lipinski definition) is 4. The van der Waals surface area contributed by atoms with Gasteiger partial charge in [-0.25, -0.2) is 13.6 Å². The Kier molecular flexibility index (Phi) is 5.61. The maximum atomic E-state index is 12.2. The van der Waals surface area contributed by atoms with Crippen molar-refractivity contribution >= 4 is 37.8 Å². The predicted molar refractivity (Wildman–Crippen MR) is 96.4 cm³/mol. The molecule has 25 heavy (non-hydrogen) atoms. The molecule has 0 fully saturated rings. The van der Waals surface area contributed by atoms with Gasteiger partial charge >= 0.3 is 0 Å². The van der Waals surface area contributed by atoms with Crippen molar-refractivity contribution in [2.75, 3.05) is 0 Å². The van der Waals surface area contributed by atoms with Gasteiger partial charge in [-0.05, 0) is 61.4 Å². The maximum Gasteiger partial charge on any atom is 0.269 e. The van der Waals surface area contributed by atoms with E-state index < -0.39 is 21.8 Å². The van der Waals surface area contributed by atoms with Gasteiger partial charge in [-0.1, -0.05) is 15.9 Å². The number of nitrogens with one attached hydrogen (secondary N) is 2. The number of primary sulfonamides is 1. The third-order valence-electron chi connectivity index (χ3n) is 3.58. The normalized spacial score (nSPS) is 11.0. The molecule has 0 aliphatic heterocycles. The van der Waals surface area contributed by atoms with Gasteiger partial charge in [-0.15, -0.1) is 0 Å². The summed E-state index contributed by atoms with van der Waals surface area (Å²) in [5.41, 5.74) is 6.02. The fourth-order valence-corrected chi connectivity index (χ4v) is 3.26. The molecule has 2 amide bonds. The van der Waals surface area contributed by atoms with Crippen molar-refractivity contribution in [3.8, 4) is 0 Å². The molecule has 7 nitrogen and oxygen atoms in total. The van der Waals surface area contributed by atoms with Crippen LogP contribution in [0.15, 0.2) is 45.8 Å². The molecule has 0 atom stereocenters. The third kappa shape index (κ3) is 4.65. The highest BCUT2D eigenvalue weighted by molar-refractivity contribution is 9.10. The Morgan fingerprint density at radius 2 is 1.48 bits per heavy atom. The Bertz CT molecular complexity index is 941. The molecule has 0 heterocycles. The number of amides is 2. The summed E-state index contributed by atoms with van der Waals surface area (Å²) in [7, 11) is -3.96. The minimum Gasteiger partial charge on any atom is -0.267 e. The molecule has 2 rings (SSSR count). The SMILES string of the molecule is Cc1cc(C(=O)NNC(=O)c2ccc(Br)cc2)cc(S(N)(=O)=O)c1C. The number of sulfonamides is 1. The van der Waals surface area contributed by atoms with Gasteiger partial charge in [-0.3, -0.25) is 20.4 Å². The number of carbonyl (C=O) groups excluding carboxylic acids is 2.